The number of hydrogen-bond donors (Lipinski definition) is 2. The minimum Gasteiger partial charge on any atom is -0.490 e. The highest BCUT2D eigenvalue weighted by atomic mass is 35.5. The number of carboxylic acids is 1. The Bertz CT molecular complexity index is 1030. The van der Waals surface area contributed by atoms with Gasteiger partial charge in [0, 0.05) is 23.3 Å². The van der Waals surface area contributed by atoms with Gasteiger partial charge in [-0.05, 0) is 42.3 Å². The van der Waals surface area contributed by atoms with Crippen molar-refractivity contribution in [3.63, 3.8) is 0 Å². The van der Waals surface area contributed by atoms with Gasteiger partial charge in [0.25, 0.3) is 0 Å². The largest absolute Gasteiger partial charge is 0.490 e. The zero-order valence-electron chi connectivity index (χ0n) is 16.3. The lowest BCUT2D eigenvalue weighted by molar-refractivity contribution is 0.0697. The first-order valence-electron chi connectivity index (χ1n) is 9.36. The van der Waals surface area contributed by atoms with Crippen molar-refractivity contribution in [2.45, 2.75) is 20.1 Å². The highest BCUT2D eigenvalue weighted by Crippen LogP contribution is 2.35. The number of carbonyl (C=O) groups is 1. The third-order valence-corrected chi connectivity index (χ3v) is 5.01. The summed E-state index contributed by atoms with van der Waals surface area (Å²) in [6.07, 6.45) is 0. The van der Waals surface area contributed by atoms with Gasteiger partial charge in [0.2, 0.25) is 0 Å². The van der Waals surface area contributed by atoms with Gasteiger partial charge < -0.3 is 19.9 Å². The molecule has 3 aromatic rings. The van der Waals surface area contributed by atoms with E-state index in [-0.39, 0.29) is 10.6 Å². The average molecular weight is 446 g/mol. The molecule has 0 aliphatic heterocycles. The van der Waals surface area contributed by atoms with Crippen LogP contribution in [0.5, 0.6) is 11.5 Å². The molecule has 0 heterocycles. The number of hydrogen-bond acceptors (Lipinski definition) is 4. The van der Waals surface area contributed by atoms with Crippen LogP contribution in [0.4, 0.5) is 5.69 Å². The molecular weight excluding hydrogens is 425 g/mol. The number of rotatable bonds is 9. The van der Waals surface area contributed by atoms with Crippen LogP contribution in [-0.4, -0.2) is 17.7 Å². The monoisotopic (exact) mass is 445 g/mol. The van der Waals surface area contributed by atoms with Gasteiger partial charge in [0.05, 0.1) is 17.2 Å². The molecule has 0 unspecified atom stereocenters. The molecular formula is C23H21Cl2NO4. The van der Waals surface area contributed by atoms with Crippen LogP contribution in [-0.2, 0) is 13.2 Å². The van der Waals surface area contributed by atoms with E-state index in [2.05, 4.69) is 5.32 Å². The second kappa shape index (κ2) is 10.2. The predicted octanol–water partition coefficient (Wildman–Crippen LogP) is 6.28. The SMILES string of the molecule is CCOc1cc(CNc2ccc(Cl)c(C(=O)O)c2)c(Cl)cc1OCc1ccccc1. The third-order valence-electron chi connectivity index (χ3n) is 4.33. The van der Waals surface area contributed by atoms with Gasteiger partial charge in [-0.15, -0.1) is 0 Å². The molecule has 7 heteroatoms. The van der Waals surface area contributed by atoms with E-state index < -0.39 is 5.97 Å². The van der Waals surface area contributed by atoms with Crippen molar-refractivity contribution in [2.75, 3.05) is 11.9 Å². The Balaban J connectivity index is 1.76. The van der Waals surface area contributed by atoms with Crippen LogP contribution < -0.4 is 14.8 Å². The lowest BCUT2D eigenvalue weighted by Crippen LogP contribution is -2.05. The van der Waals surface area contributed by atoms with Gasteiger partial charge >= 0.3 is 5.97 Å². The van der Waals surface area contributed by atoms with Gasteiger partial charge in [-0.2, -0.15) is 0 Å². The minimum absolute atomic E-state index is 0.0347. The molecule has 0 fully saturated rings. The molecule has 3 rings (SSSR count). The summed E-state index contributed by atoms with van der Waals surface area (Å²) >= 11 is 12.4. The summed E-state index contributed by atoms with van der Waals surface area (Å²) in [7, 11) is 0. The number of anilines is 1. The van der Waals surface area contributed by atoms with E-state index in [0.29, 0.717) is 42.0 Å². The van der Waals surface area contributed by atoms with Crippen LogP contribution in [0.2, 0.25) is 10.0 Å². The molecule has 2 N–H and O–H groups in total. The van der Waals surface area contributed by atoms with Crippen LogP contribution in [0.1, 0.15) is 28.4 Å². The number of carboxylic acid groups (broad SMARTS) is 1. The minimum atomic E-state index is -1.08. The maximum absolute atomic E-state index is 11.3. The lowest BCUT2D eigenvalue weighted by Gasteiger charge is -2.16. The van der Waals surface area contributed by atoms with Crippen LogP contribution >= 0.6 is 23.2 Å². The van der Waals surface area contributed by atoms with Crippen molar-refractivity contribution in [1.82, 2.24) is 0 Å². The van der Waals surface area contributed by atoms with Crippen molar-refractivity contribution in [1.29, 1.82) is 0 Å². The van der Waals surface area contributed by atoms with Crippen molar-refractivity contribution in [2.24, 2.45) is 0 Å². The standard InChI is InChI=1S/C23H21Cl2NO4/c1-2-29-21-10-16(13-26-17-8-9-19(24)18(11-17)23(27)28)20(25)12-22(21)30-14-15-6-4-3-5-7-15/h3-12,26H,2,13-14H2,1H3,(H,27,28). The number of aromatic carboxylic acids is 1. The molecule has 0 aromatic heterocycles. The van der Waals surface area contributed by atoms with E-state index in [1.165, 1.54) is 6.07 Å². The Morgan fingerprint density at radius 1 is 0.967 bits per heavy atom. The van der Waals surface area contributed by atoms with Crippen molar-refractivity contribution >= 4 is 34.9 Å². The van der Waals surface area contributed by atoms with Crippen LogP contribution in [0.25, 0.3) is 0 Å². The number of nitrogens with one attached hydrogen (secondary N) is 1. The topological polar surface area (TPSA) is 67.8 Å². The third kappa shape index (κ3) is 5.59. The molecule has 0 radical (unpaired) electrons. The summed E-state index contributed by atoms with van der Waals surface area (Å²) in [5, 5.41) is 13.1. The smallest absolute Gasteiger partial charge is 0.337 e. The maximum atomic E-state index is 11.3. The van der Waals surface area contributed by atoms with Crippen LogP contribution in [0.3, 0.4) is 0 Å². The number of benzene rings is 3. The summed E-state index contributed by atoms with van der Waals surface area (Å²) in [5.41, 5.74) is 2.49. The molecule has 0 spiro atoms. The van der Waals surface area contributed by atoms with Gasteiger partial charge in [-0.1, -0.05) is 53.5 Å². The van der Waals surface area contributed by atoms with E-state index in [1.807, 2.05) is 43.3 Å². The fourth-order valence-corrected chi connectivity index (χ4v) is 3.24. The van der Waals surface area contributed by atoms with Gasteiger partial charge in [0.15, 0.2) is 11.5 Å². The second-order valence-electron chi connectivity index (χ2n) is 6.45. The lowest BCUT2D eigenvalue weighted by atomic mass is 10.1. The Kier molecular flexibility index (Phi) is 7.44. The normalized spacial score (nSPS) is 10.5. The summed E-state index contributed by atoms with van der Waals surface area (Å²) in [6, 6.07) is 18.1. The second-order valence-corrected chi connectivity index (χ2v) is 7.27. The van der Waals surface area contributed by atoms with Crippen molar-refractivity contribution in [3.8, 4) is 11.5 Å². The van der Waals surface area contributed by atoms with Gasteiger partial charge in [-0.25, -0.2) is 4.79 Å². The maximum Gasteiger partial charge on any atom is 0.337 e. The molecule has 0 aliphatic carbocycles. The Morgan fingerprint density at radius 3 is 2.40 bits per heavy atom. The Morgan fingerprint density at radius 2 is 1.70 bits per heavy atom. The van der Waals surface area contributed by atoms with E-state index in [0.717, 1.165) is 11.1 Å². The van der Waals surface area contributed by atoms with E-state index in [9.17, 15) is 9.90 Å². The summed E-state index contributed by atoms with van der Waals surface area (Å²) in [4.78, 5) is 11.3. The van der Waals surface area contributed by atoms with Crippen LogP contribution in [0, 0.1) is 0 Å². The average Bonchev–Trinajstić information content (AvgIpc) is 2.74. The zero-order chi connectivity index (χ0) is 21.5. The van der Waals surface area contributed by atoms with Crippen LogP contribution in [0.15, 0.2) is 60.7 Å². The van der Waals surface area contributed by atoms with E-state index in [4.69, 9.17) is 32.7 Å². The molecule has 0 saturated heterocycles. The van der Waals surface area contributed by atoms with Gasteiger partial charge in [0.1, 0.15) is 6.61 Å². The van der Waals surface area contributed by atoms with Crippen molar-refractivity contribution < 1.29 is 19.4 Å². The molecule has 0 saturated carbocycles. The number of ether oxygens (including phenoxy) is 2. The molecule has 156 valence electrons. The fraction of sp³-hybridized carbons (Fsp3) is 0.174. The first kappa shape index (κ1) is 21.8. The summed E-state index contributed by atoms with van der Waals surface area (Å²) in [6.45, 7) is 3.15. The molecule has 30 heavy (non-hydrogen) atoms. The summed E-state index contributed by atoms with van der Waals surface area (Å²) in [5.74, 6) is 0.0753. The highest BCUT2D eigenvalue weighted by molar-refractivity contribution is 6.33. The predicted molar refractivity (Wildman–Crippen MR) is 119 cm³/mol. The molecule has 3 aromatic carbocycles. The highest BCUT2D eigenvalue weighted by Gasteiger charge is 2.13. The van der Waals surface area contributed by atoms with E-state index in [1.54, 1.807) is 18.2 Å². The fourth-order valence-electron chi connectivity index (χ4n) is 2.83. The molecule has 0 atom stereocenters. The molecule has 0 aliphatic rings. The summed E-state index contributed by atoms with van der Waals surface area (Å²) < 4.78 is 11.7. The zero-order valence-corrected chi connectivity index (χ0v) is 17.8. The van der Waals surface area contributed by atoms with Crippen molar-refractivity contribution in [3.05, 3.63) is 87.4 Å². The number of halogens is 2. The molecule has 0 bridgehead atoms. The first-order chi connectivity index (χ1) is 14.5. The first-order valence-corrected chi connectivity index (χ1v) is 10.1. The van der Waals surface area contributed by atoms with E-state index >= 15 is 0 Å². The van der Waals surface area contributed by atoms with Gasteiger partial charge in [-0.3, -0.25) is 0 Å². The molecule has 5 nitrogen and oxygen atoms in total. The Labute approximate surface area is 185 Å². The molecule has 0 amide bonds. The quantitative estimate of drug-likeness (QED) is 0.405. The Hall–Kier alpha value is -2.89.